The van der Waals surface area contributed by atoms with Crippen LogP contribution in [-0.2, 0) is 6.42 Å². The van der Waals surface area contributed by atoms with Crippen molar-refractivity contribution < 1.29 is 4.74 Å². The molecule has 94 valence electrons. The highest BCUT2D eigenvalue weighted by molar-refractivity contribution is 9.10. The zero-order valence-electron chi connectivity index (χ0n) is 10.9. The Balaban J connectivity index is 2.42. The number of ether oxygens (including phenoxy) is 1. The van der Waals surface area contributed by atoms with Crippen molar-refractivity contribution in [3.8, 4) is 5.75 Å². The van der Waals surface area contributed by atoms with Crippen molar-refractivity contribution in [2.75, 3.05) is 7.11 Å². The van der Waals surface area contributed by atoms with E-state index in [0.29, 0.717) is 5.92 Å². The molecule has 17 heavy (non-hydrogen) atoms. The molecule has 2 heteroatoms. The standard InChI is InChI=1S/C15H21BrO/c1-4-5-12-10(2)6-7-11-8-14(16)15(17-3)9-13(11)12/h8-10,12H,4-7H2,1-3H3. The van der Waals surface area contributed by atoms with Gasteiger partial charge in [-0.15, -0.1) is 0 Å². The van der Waals surface area contributed by atoms with Crippen LogP contribution in [0.3, 0.4) is 0 Å². The first kappa shape index (κ1) is 12.9. The predicted molar refractivity (Wildman–Crippen MR) is 75.8 cm³/mol. The van der Waals surface area contributed by atoms with Gasteiger partial charge < -0.3 is 4.74 Å². The molecule has 1 nitrogen and oxygen atoms in total. The molecular formula is C15H21BrO. The molecule has 0 aromatic heterocycles. The van der Waals surface area contributed by atoms with Crippen molar-refractivity contribution in [1.82, 2.24) is 0 Å². The van der Waals surface area contributed by atoms with Gasteiger partial charge in [-0.2, -0.15) is 0 Å². The third-order valence-corrected chi connectivity index (χ3v) is 4.59. The second kappa shape index (κ2) is 5.43. The van der Waals surface area contributed by atoms with Gasteiger partial charge >= 0.3 is 0 Å². The third-order valence-electron chi connectivity index (χ3n) is 3.97. The normalized spacial score (nSPS) is 23.3. The van der Waals surface area contributed by atoms with E-state index in [1.54, 1.807) is 7.11 Å². The monoisotopic (exact) mass is 296 g/mol. The molecule has 2 atom stereocenters. The number of hydrogen-bond donors (Lipinski definition) is 0. The fourth-order valence-electron chi connectivity index (χ4n) is 2.97. The van der Waals surface area contributed by atoms with E-state index in [1.165, 1.54) is 36.8 Å². The second-order valence-corrected chi connectivity index (χ2v) is 5.95. The van der Waals surface area contributed by atoms with Crippen LogP contribution in [0, 0.1) is 5.92 Å². The van der Waals surface area contributed by atoms with Gasteiger partial charge in [0, 0.05) is 0 Å². The SMILES string of the molecule is CCCC1c2cc(OC)c(Br)cc2CCC1C. The van der Waals surface area contributed by atoms with E-state index in [1.807, 2.05) is 0 Å². The van der Waals surface area contributed by atoms with Crippen LogP contribution in [-0.4, -0.2) is 7.11 Å². The van der Waals surface area contributed by atoms with Crippen molar-refractivity contribution in [3.05, 3.63) is 27.7 Å². The molecule has 0 saturated carbocycles. The number of methoxy groups -OCH3 is 1. The van der Waals surface area contributed by atoms with Crippen LogP contribution >= 0.6 is 15.9 Å². The van der Waals surface area contributed by atoms with Gasteiger partial charge in [-0.25, -0.2) is 0 Å². The van der Waals surface area contributed by atoms with Gasteiger partial charge in [-0.05, 0) is 70.3 Å². The van der Waals surface area contributed by atoms with Gasteiger partial charge in [0.15, 0.2) is 0 Å². The van der Waals surface area contributed by atoms with Crippen molar-refractivity contribution in [3.63, 3.8) is 0 Å². The van der Waals surface area contributed by atoms with Crippen LogP contribution in [0.15, 0.2) is 16.6 Å². The minimum atomic E-state index is 0.714. The Morgan fingerprint density at radius 3 is 2.82 bits per heavy atom. The maximum Gasteiger partial charge on any atom is 0.133 e. The lowest BCUT2D eigenvalue weighted by Gasteiger charge is -2.32. The van der Waals surface area contributed by atoms with Crippen molar-refractivity contribution in [2.45, 2.75) is 45.4 Å². The predicted octanol–water partition coefficient (Wildman–Crippen LogP) is 4.92. The minimum absolute atomic E-state index is 0.714. The smallest absolute Gasteiger partial charge is 0.133 e. The van der Waals surface area contributed by atoms with E-state index < -0.39 is 0 Å². The van der Waals surface area contributed by atoms with Crippen LogP contribution in [0.5, 0.6) is 5.75 Å². The molecule has 2 unspecified atom stereocenters. The molecule has 0 N–H and O–H groups in total. The van der Waals surface area contributed by atoms with E-state index in [2.05, 4.69) is 41.9 Å². The average molecular weight is 297 g/mol. The summed E-state index contributed by atoms with van der Waals surface area (Å²) in [6.45, 7) is 4.66. The number of aryl methyl sites for hydroxylation is 1. The number of rotatable bonds is 3. The molecule has 0 saturated heterocycles. The summed E-state index contributed by atoms with van der Waals surface area (Å²) in [6.07, 6.45) is 5.07. The van der Waals surface area contributed by atoms with Gasteiger partial charge in [-0.1, -0.05) is 20.3 Å². The summed E-state index contributed by atoms with van der Waals surface area (Å²) in [5.74, 6) is 2.48. The topological polar surface area (TPSA) is 9.23 Å². The maximum atomic E-state index is 5.43. The van der Waals surface area contributed by atoms with Crippen LogP contribution in [0.2, 0.25) is 0 Å². The lowest BCUT2D eigenvalue weighted by Crippen LogP contribution is -2.18. The van der Waals surface area contributed by atoms with Gasteiger partial charge in [0.1, 0.15) is 5.75 Å². The summed E-state index contributed by atoms with van der Waals surface area (Å²) < 4.78 is 6.51. The molecule has 1 aromatic carbocycles. The van der Waals surface area contributed by atoms with Gasteiger partial charge in [0.25, 0.3) is 0 Å². The van der Waals surface area contributed by atoms with Crippen LogP contribution < -0.4 is 4.74 Å². The Labute approximate surface area is 113 Å². The Morgan fingerprint density at radius 1 is 1.41 bits per heavy atom. The van der Waals surface area contributed by atoms with E-state index in [0.717, 1.165) is 16.1 Å². The minimum Gasteiger partial charge on any atom is -0.496 e. The molecule has 2 rings (SSSR count). The van der Waals surface area contributed by atoms with Crippen LogP contribution in [0.1, 0.15) is 50.2 Å². The summed E-state index contributed by atoms with van der Waals surface area (Å²) in [5, 5.41) is 0. The van der Waals surface area contributed by atoms with E-state index in [-0.39, 0.29) is 0 Å². The highest BCUT2D eigenvalue weighted by Gasteiger charge is 2.26. The largest absolute Gasteiger partial charge is 0.496 e. The average Bonchev–Trinajstić information content (AvgIpc) is 2.32. The van der Waals surface area contributed by atoms with E-state index in [9.17, 15) is 0 Å². The summed E-state index contributed by atoms with van der Waals surface area (Å²) in [7, 11) is 1.74. The second-order valence-electron chi connectivity index (χ2n) is 5.10. The Hall–Kier alpha value is -0.500. The molecule has 0 radical (unpaired) electrons. The fourth-order valence-corrected chi connectivity index (χ4v) is 3.52. The summed E-state index contributed by atoms with van der Waals surface area (Å²) in [6, 6.07) is 4.50. The summed E-state index contributed by atoms with van der Waals surface area (Å²) in [4.78, 5) is 0. The molecule has 0 fully saturated rings. The molecule has 0 aliphatic heterocycles. The Morgan fingerprint density at radius 2 is 2.18 bits per heavy atom. The molecule has 0 spiro atoms. The number of hydrogen-bond acceptors (Lipinski definition) is 1. The first-order valence-corrected chi connectivity index (χ1v) is 7.33. The number of halogens is 1. The van der Waals surface area contributed by atoms with Crippen molar-refractivity contribution in [1.29, 1.82) is 0 Å². The first-order chi connectivity index (χ1) is 8.17. The zero-order valence-corrected chi connectivity index (χ0v) is 12.5. The van der Waals surface area contributed by atoms with Crippen molar-refractivity contribution >= 4 is 15.9 Å². The lowest BCUT2D eigenvalue weighted by molar-refractivity contribution is 0.374. The Bertz CT molecular complexity index is 400. The molecule has 1 aliphatic rings. The Kier molecular flexibility index (Phi) is 4.13. The highest BCUT2D eigenvalue weighted by Crippen LogP contribution is 2.42. The molecular weight excluding hydrogens is 276 g/mol. The molecule has 0 bridgehead atoms. The first-order valence-electron chi connectivity index (χ1n) is 6.53. The summed E-state index contributed by atoms with van der Waals surface area (Å²) >= 11 is 3.58. The maximum absolute atomic E-state index is 5.43. The highest BCUT2D eigenvalue weighted by atomic mass is 79.9. The lowest BCUT2D eigenvalue weighted by atomic mass is 9.74. The quantitative estimate of drug-likeness (QED) is 0.769. The van der Waals surface area contributed by atoms with Crippen molar-refractivity contribution in [2.24, 2.45) is 5.92 Å². The summed E-state index contributed by atoms with van der Waals surface area (Å²) in [5.41, 5.74) is 3.03. The van der Waals surface area contributed by atoms with Gasteiger partial charge in [-0.3, -0.25) is 0 Å². The fraction of sp³-hybridized carbons (Fsp3) is 0.600. The third kappa shape index (κ3) is 2.52. The number of benzene rings is 1. The van der Waals surface area contributed by atoms with Gasteiger partial charge in [0.2, 0.25) is 0 Å². The molecule has 0 amide bonds. The van der Waals surface area contributed by atoms with Crippen LogP contribution in [0.25, 0.3) is 0 Å². The zero-order chi connectivity index (χ0) is 12.4. The van der Waals surface area contributed by atoms with E-state index >= 15 is 0 Å². The van der Waals surface area contributed by atoms with Crippen LogP contribution in [0.4, 0.5) is 0 Å². The number of fused-ring (bicyclic) bond motifs is 1. The molecule has 0 heterocycles. The molecule has 1 aliphatic carbocycles. The molecule has 1 aromatic rings. The van der Waals surface area contributed by atoms with E-state index in [4.69, 9.17) is 4.74 Å². The van der Waals surface area contributed by atoms with Gasteiger partial charge in [0.05, 0.1) is 11.6 Å².